The molecule has 2 aliphatic heterocycles. The van der Waals surface area contributed by atoms with E-state index in [9.17, 15) is 14.3 Å². The van der Waals surface area contributed by atoms with Crippen LogP contribution in [0.3, 0.4) is 0 Å². The number of halogens is 1. The van der Waals surface area contributed by atoms with E-state index in [4.69, 9.17) is 4.74 Å². The van der Waals surface area contributed by atoms with Gasteiger partial charge in [0.1, 0.15) is 18.0 Å². The monoisotopic (exact) mass is 332 g/mol. The number of fused-ring (bicyclic) bond motifs is 8. The van der Waals surface area contributed by atoms with E-state index in [0.29, 0.717) is 5.56 Å². The largest absolute Gasteiger partial charge is 0.478 e. The quantitative estimate of drug-likeness (QED) is 0.739. The summed E-state index contributed by atoms with van der Waals surface area (Å²) in [7, 11) is 0. The Morgan fingerprint density at radius 3 is 2.32 bits per heavy atom. The summed E-state index contributed by atoms with van der Waals surface area (Å²) in [6.45, 7) is 0. The molecule has 2 atom stereocenters. The van der Waals surface area contributed by atoms with Gasteiger partial charge in [-0.05, 0) is 52.1 Å². The zero-order valence-electron chi connectivity index (χ0n) is 13.1. The summed E-state index contributed by atoms with van der Waals surface area (Å²) in [6, 6.07) is 17.6. The van der Waals surface area contributed by atoms with Gasteiger partial charge in [-0.25, -0.2) is 9.18 Å². The molecule has 2 bridgehead atoms. The van der Waals surface area contributed by atoms with Crippen molar-refractivity contribution >= 4 is 5.97 Å². The molecular formula is C21H13FO3. The van der Waals surface area contributed by atoms with Crippen molar-refractivity contribution in [3.63, 3.8) is 0 Å². The fraction of sp³-hybridized carbons (Fsp3) is 0.0952. The van der Waals surface area contributed by atoms with E-state index in [1.807, 2.05) is 30.3 Å². The summed E-state index contributed by atoms with van der Waals surface area (Å²) < 4.78 is 20.2. The number of rotatable bonds is 2. The van der Waals surface area contributed by atoms with Crippen molar-refractivity contribution in [2.45, 2.75) is 12.2 Å². The van der Waals surface area contributed by atoms with Gasteiger partial charge in [0.25, 0.3) is 0 Å². The molecule has 2 aliphatic rings. The second-order valence-electron chi connectivity index (χ2n) is 6.37. The molecule has 3 aromatic rings. The topological polar surface area (TPSA) is 46.5 Å². The molecule has 25 heavy (non-hydrogen) atoms. The number of benzene rings is 3. The smallest absolute Gasteiger partial charge is 0.335 e. The first kappa shape index (κ1) is 14.4. The number of carboxylic acids is 1. The van der Waals surface area contributed by atoms with Crippen LogP contribution in [0.15, 0.2) is 60.7 Å². The Balaban J connectivity index is 1.63. The fourth-order valence-corrected chi connectivity index (χ4v) is 3.84. The van der Waals surface area contributed by atoms with Gasteiger partial charge >= 0.3 is 5.97 Å². The van der Waals surface area contributed by atoms with Crippen LogP contribution >= 0.6 is 0 Å². The zero-order valence-corrected chi connectivity index (χ0v) is 13.1. The molecule has 0 aromatic heterocycles. The van der Waals surface area contributed by atoms with Gasteiger partial charge in [-0.2, -0.15) is 0 Å². The number of carbonyl (C=O) groups is 1. The van der Waals surface area contributed by atoms with Gasteiger partial charge in [0.05, 0.1) is 5.56 Å². The lowest BCUT2D eigenvalue weighted by atomic mass is 9.84. The Labute approximate surface area is 143 Å². The number of hydrogen-bond acceptors (Lipinski definition) is 2. The van der Waals surface area contributed by atoms with E-state index < -0.39 is 5.97 Å². The highest BCUT2D eigenvalue weighted by molar-refractivity contribution is 5.88. The summed E-state index contributed by atoms with van der Waals surface area (Å²) >= 11 is 0. The predicted octanol–water partition coefficient (Wildman–Crippen LogP) is 4.71. The first-order valence-electron chi connectivity index (χ1n) is 8.05. The third-order valence-corrected chi connectivity index (χ3v) is 5.01. The highest BCUT2D eigenvalue weighted by atomic mass is 19.1. The molecule has 4 heteroatoms. The molecule has 0 unspecified atom stereocenters. The number of aromatic carboxylic acids is 1. The number of carboxylic acid groups (broad SMARTS) is 1. The Morgan fingerprint density at radius 1 is 0.880 bits per heavy atom. The zero-order chi connectivity index (χ0) is 17.1. The summed E-state index contributed by atoms with van der Waals surface area (Å²) in [4.78, 5) is 11.2. The molecule has 3 aromatic carbocycles. The molecule has 0 saturated carbocycles. The van der Waals surface area contributed by atoms with Crippen LogP contribution in [-0.4, -0.2) is 11.1 Å². The van der Waals surface area contributed by atoms with Crippen LogP contribution in [0.1, 0.15) is 44.8 Å². The second kappa shape index (κ2) is 5.01. The van der Waals surface area contributed by atoms with Crippen molar-refractivity contribution in [2.75, 3.05) is 0 Å². The Kier molecular flexibility index (Phi) is 2.88. The Hall–Kier alpha value is -2.98. The molecule has 3 nitrogen and oxygen atoms in total. The highest BCUT2D eigenvalue weighted by Gasteiger charge is 2.43. The molecule has 0 amide bonds. The van der Waals surface area contributed by atoms with Crippen molar-refractivity contribution in [1.29, 1.82) is 0 Å². The van der Waals surface area contributed by atoms with Crippen LogP contribution in [0, 0.1) is 5.82 Å². The van der Waals surface area contributed by atoms with Crippen LogP contribution in [0.4, 0.5) is 4.39 Å². The number of hydrogen-bond donors (Lipinski definition) is 1. The average molecular weight is 332 g/mol. The minimum Gasteiger partial charge on any atom is -0.478 e. The summed E-state index contributed by atoms with van der Waals surface area (Å²) in [5, 5.41) is 9.22. The van der Waals surface area contributed by atoms with Crippen molar-refractivity contribution in [3.8, 4) is 11.1 Å². The maximum atomic E-state index is 14.1. The van der Waals surface area contributed by atoms with Crippen molar-refractivity contribution < 1.29 is 19.0 Å². The molecule has 0 fully saturated rings. The number of ether oxygens (including phenoxy) is 1. The van der Waals surface area contributed by atoms with Gasteiger partial charge in [0.2, 0.25) is 0 Å². The van der Waals surface area contributed by atoms with E-state index in [1.165, 1.54) is 6.07 Å². The van der Waals surface area contributed by atoms with Crippen molar-refractivity contribution in [1.82, 2.24) is 0 Å². The predicted molar refractivity (Wildman–Crippen MR) is 90.0 cm³/mol. The van der Waals surface area contributed by atoms with Crippen LogP contribution in [-0.2, 0) is 4.74 Å². The van der Waals surface area contributed by atoms with Crippen LogP contribution < -0.4 is 0 Å². The minimum absolute atomic E-state index is 0.174. The molecule has 122 valence electrons. The third kappa shape index (κ3) is 1.98. The highest BCUT2D eigenvalue weighted by Crippen LogP contribution is 2.54. The van der Waals surface area contributed by atoms with E-state index in [0.717, 1.165) is 27.8 Å². The van der Waals surface area contributed by atoms with Gasteiger partial charge < -0.3 is 9.84 Å². The van der Waals surface area contributed by atoms with Gasteiger partial charge in [-0.3, -0.25) is 0 Å². The molecule has 0 spiro atoms. The Bertz CT molecular complexity index is 1040. The standard InChI is InChI=1S/C21H13FO3/c22-18-4-2-1-3-13(18)11-5-7-14-16(9-11)20-17-10-12(21(23)24)6-8-15(17)19(14)25-20/h1-10,19-20H,(H,23,24)/t19-,20+/m0/s1. The minimum atomic E-state index is -0.953. The lowest BCUT2D eigenvalue weighted by Gasteiger charge is -2.17. The maximum Gasteiger partial charge on any atom is 0.335 e. The molecule has 2 heterocycles. The van der Waals surface area contributed by atoms with Crippen molar-refractivity contribution in [3.05, 3.63) is 94.3 Å². The summed E-state index contributed by atoms with van der Waals surface area (Å²) in [6.07, 6.45) is -0.464. The van der Waals surface area contributed by atoms with Gasteiger partial charge in [-0.1, -0.05) is 36.4 Å². The van der Waals surface area contributed by atoms with Gasteiger partial charge in [0.15, 0.2) is 0 Å². The molecule has 5 rings (SSSR count). The van der Waals surface area contributed by atoms with Crippen LogP contribution in [0.25, 0.3) is 11.1 Å². The van der Waals surface area contributed by atoms with Gasteiger partial charge in [-0.15, -0.1) is 0 Å². The third-order valence-electron chi connectivity index (χ3n) is 5.01. The summed E-state index contributed by atoms with van der Waals surface area (Å²) in [5.74, 6) is -1.22. The van der Waals surface area contributed by atoms with E-state index in [-0.39, 0.29) is 23.6 Å². The lowest BCUT2D eigenvalue weighted by Crippen LogP contribution is -2.06. The fourth-order valence-electron chi connectivity index (χ4n) is 3.84. The molecule has 0 radical (unpaired) electrons. The first-order valence-corrected chi connectivity index (χ1v) is 8.05. The molecule has 1 N–H and O–H groups in total. The second-order valence-corrected chi connectivity index (χ2v) is 6.37. The first-order chi connectivity index (χ1) is 12.1. The maximum absolute atomic E-state index is 14.1. The SMILES string of the molecule is O=C(O)c1ccc2c(c1)[C@@H]1O[C@H]2c2ccc(-c3ccccc3F)cc21. The van der Waals surface area contributed by atoms with E-state index in [1.54, 1.807) is 24.3 Å². The average Bonchev–Trinajstić information content (AvgIpc) is 3.18. The molecule has 0 saturated heterocycles. The molecular weight excluding hydrogens is 319 g/mol. The summed E-state index contributed by atoms with van der Waals surface area (Å²) in [5.41, 5.74) is 5.56. The van der Waals surface area contributed by atoms with E-state index in [2.05, 4.69) is 0 Å². The normalized spacial score (nSPS) is 19.6. The van der Waals surface area contributed by atoms with E-state index >= 15 is 0 Å². The van der Waals surface area contributed by atoms with Crippen molar-refractivity contribution in [2.24, 2.45) is 0 Å². The lowest BCUT2D eigenvalue weighted by molar-refractivity contribution is 0.0696. The van der Waals surface area contributed by atoms with Crippen LogP contribution in [0.2, 0.25) is 0 Å². The van der Waals surface area contributed by atoms with Gasteiger partial charge in [0, 0.05) is 5.56 Å². The Morgan fingerprint density at radius 2 is 1.56 bits per heavy atom. The van der Waals surface area contributed by atoms with Crippen LogP contribution in [0.5, 0.6) is 0 Å². The molecule has 0 aliphatic carbocycles.